The number of aromatic nitrogens is 3. The van der Waals surface area contributed by atoms with Crippen molar-refractivity contribution in [1.29, 1.82) is 0 Å². The molecule has 0 aliphatic rings. The molecule has 0 spiro atoms. The molecule has 11 aromatic rings. The molecule has 0 radical (unpaired) electrons. The molecule has 11 rings (SSSR count). The molecule has 0 saturated heterocycles. The molecule has 0 amide bonds. The maximum absolute atomic E-state index is 6.38. The molecule has 0 fully saturated rings. The van der Waals surface area contributed by atoms with Gasteiger partial charge < -0.3 is 8.83 Å². The van der Waals surface area contributed by atoms with Crippen LogP contribution < -0.4 is 0 Å². The zero-order chi connectivity index (χ0) is 37.0. The van der Waals surface area contributed by atoms with Gasteiger partial charge in [-0.15, -0.1) is 0 Å². The Morgan fingerprint density at radius 3 is 1.50 bits per heavy atom. The van der Waals surface area contributed by atoms with Gasteiger partial charge in [0.05, 0.1) is 11.4 Å². The Morgan fingerprint density at radius 2 is 0.857 bits per heavy atom. The number of pyridine rings is 1. The number of hydrogen-bond donors (Lipinski definition) is 0. The van der Waals surface area contributed by atoms with Crippen molar-refractivity contribution in [3.63, 3.8) is 0 Å². The number of benzene rings is 7. The van der Waals surface area contributed by atoms with E-state index in [1.165, 1.54) is 0 Å². The van der Waals surface area contributed by atoms with Crippen LogP contribution in [0.3, 0.4) is 0 Å². The van der Waals surface area contributed by atoms with Gasteiger partial charge in [0.1, 0.15) is 22.3 Å². The molecule has 5 nitrogen and oxygen atoms in total. The maximum Gasteiger partial charge on any atom is 0.160 e. The van der Waals surface area contributed by atoms with E-state index in [1.807, 2.05) is 66.9 Å². The van der Waals surface area contributed by atoms with Crippen LogP contribution in [0.1, 0.15) is 0 Å². The Hall–Kier alpha value is -7.63. The first kappa shape index (κ1) is 31.9. The smallest absolute Gasteiger partial charge is 0.160 e. The van der Waals surface area contributed by atoms with Crippen molar-refractivity contribution in [1.82, 2.24) is 15.0 Å². The van der Waals surface area contributed by atoms with Gasteiger partial charge >= 0.3 is 0 Å². The number of furan rings is 2. The predicted molar refractivity (Wildman–Crippen MR) is 227 cm³/mol. The second-order valence-corrected chi connectivity index (χ2v) is 14.0. The zero-order valence-corrected chi connectivity index (χ0v) is 30.1. The van der Waals surface area contributed by atoms with Gasteiger partial charge in [0.2, 0.25) is 0 Å². The van der Waals surface area contributed by atoms with Crippen LogP contribution in [0.25, 0.3) is 111 Å². The molecule has 0 aliphatic carbocycles. The van der Waals surface area contributed by atoms with Crippen LogP contribution in [0.4, 0.5) is 0 Å². The van der Waals surface area contributed by atoms with E-state index < -0.39 is 0 Å². The molecular formula is C51H31N3O2. The van der Waals surface area contributed by atoms with Crippen LogP contribution in [-0.4, -0.2) is 15.0 Å². The molecule has 0 N–H and O–H groups in total. The lowest BCUT2D eigenvalue weighted by Gasteiger charge is -2.15. The summed E-state index contributed by atoms with van der Waals surface area (Å²) in [6, 6.07) is 60.6. The monoisotopic (exact) mass is 717 g/mol. The van der Waals surface area contributed by atoms with Gasteiger partial charge in [-0.3, -0.25) is 4.98 Å². The molecule has 0 bridgehead atoms. The summed E-state index contributed by atoms with van der Waals surface area (Å²) in [6.07, 6.45) is 3.70. The van der Waals surface area contributed by atoms with Crippen molar-refractivity contribution in [3.05, 3.63) is 188 Å². The van der Waals surface area contributed by atoms with Gasteiger partial charge in [-0.05, 0) is 82.4 Å². The lowest BCUT2D eigenvalue weighted by Crippen LogP contribution is -1.98. The fourth-order valence-electron chi connectivity index (χ4n) is 8.05. The fraction of sp³-hybridized carbons (Fsp3) is 0. The minimum absolute atomic E-state index is 0.624. The third-order valence-electron chi connectivity index (χ3n) is 10.6. The largest absolute Gasteiger partial charge is 0.456 e. The van der Waals surface area contributed by atoms with E-state index in [2.05, 4.69) is 120 Å². The molecule has 0 saturated carbocycles. The average Bonchev–Trinajstić information content (AvgIpc) is 3.85. The summed E-state index contributed by atoms with van der Waals surface area (Å²) < 4.78 is 12.8. The lowest BCUT2D eigenvalue weighted by molar-refractivity contribution is 0.668. The molecule has 0 aliphatic heterocycles. The van der Waals surface area contributed by atoms with Crippen LogP contribution in [0.15, 0.2) is 197 Å². The highest BCUT2D eigenvalue weighted by Crippen LogP contribution is 2.43. The quantitative estimate of drug-likeness (QED) is 0.171. The molecule has 56 heavy (non-hydrogen) atoms. The summed E-state index contributed by atoms with van der Waals surface area (Å²) in [4.78, 5) is 15.1. The van der Waals surface area contributed by atoms with E-state index >= 15 is 0 Å². The first-order valence-corrected chi connectivity index (χ1v) is 18.7. The summed E-state index contributed by atoms with van der Waals surface area (Å²) in [5.41, 5.74) is 14.3. The van der Waals surface area contributed by atoms with Crippen molar-refractivity contribution < 1.29 is 8.83 Å². The van der Waals surface area contributed by atoms with Crippen LogP contribution in [0, 0.1) is 0 Å². The molecular weight excluding hydrogens is 687 g/mol. The molecule has 4 heterocycles. The highest BCUT2D eigenvalue weighted by atomic mass is 16.3. The van der Waals surface area contributed by atoms with Crippen LogP contribution in [0.5, 0.6) is 0 Å². The Labute approximate surface area is 322 Å². The zero-order valence-electron chi connectivity index (χ0n) is 30.1. The third kappa shape index (κ3) is 5.37. The highest BCUT2D eigenvalue weighted by Gasteiger charge is 2.20. The summed E-state index contributed by atoms with van der Waals surface area (Å²) in [6.45, 7) is 0. The number of para-hydroxylation sites is 2. The maximum atomic E-state index is 6.38. The van der Waals surface area contributed by atoms with Crippen molar-refractivity contribution in [3.8, 4) is 67.3 Å². The second kappa shape index (κ2) is 13.0. The number of hydrogen-bond acceptors (Lipinski definition) is 5. The Morgan fingerprint density at radius 1 is 0.339 bits per heavy atom. The van der Waals surface area contributed by atoms with E-state index in [9.17, 15) is 0 Å². The van der Waals surface area contributed by atoms with Gasteiger partial charge in [-0.2, -0.15) is 0 Å². The van der Waals surface area contributed by atoms with Crippen LogP contribution in [-0.2, 0) is 0 Å². The second-order valence-electron chi connectivity index (χ2n) is 14.0. The molecule has 7 aromatic carbocycles. The van der Waals surface area contributed by atoms with E-state index in [-0.39, 0.29) is 0 Å². The van der Waals surface area contributed by atoms with E-state index in [0.717, 1.165) is 105 Å². The molecule has 262 valence electrons. The SMILES string of the molecule is c1ccc(-c2cc(-c3ccccc3-c3cccnc3)nc(-c3cc(-c4cccc5oc6ccccc6c45)cc(-c4cccc5oc6ccccc6c45)c3)n2)cc1. The minimum atomic E-state index is 0.624. The lowest BCUT2D eigenvalue weighted by atomic mass is 9.91. The first-order chi connectivity index (χ1) is 27.7. The fourth-order valence-corrected chi connectivity index (χ4v) is 8.05. The molecule has 0 unspecified atom stereocenters. The number of rotatable bonds is 6. The van der Waals surface area contributed by atoms with Gasteiger partial charge in [-0.1, -0.05) is 121 Å². The first-order valence-electron chi connectivity index (χ1n) is 18.7. The topological polar surface area (TPSA) is 65.0 Å². The molecule has 5 heteroatoms. The summed E-state index contributed by atoms with van der Waals surface area (Å²) in [5.74, 6) is 0.624. The van der Waals surface area contributed by atoms with Crippen LogP contribution >= 0.6 is 0 Å². The van der Waals surface area contributed by atoms with Crippen molar-refractivity contribution in [2.75, 3.05) is 0 Å². The standard InChI is InChI=1S/C51H31N3O2/c1-2-13-32(14-3-1)43-30-44(40-17-5-4-16-37(40)33-15-12-26-52-31-33)54-51(53-43)36-28-34(38-20-10-24-47-49(38)41-18-6-8-22-45(41)55-47)27-35(29-36)39-21-11-25-48-50(39)42-19-7-9-23-46(42)56-48/h1-31H. The van der Waals surface area contributed by atoms with Gasteiger partial charge in [0.25, 0.3) is 0 Å². The summed E-state index contributed by atoms with van der Waals surface area (Å²) in [5, 5.41) is 4.29. The highest BCUT2D eigenvalue weighted by molar-refractivity contribution is 6.14. The third-order valence-corrected chi connectivity index (χ3v) is 10.6. The van der Waals surface area contributed by atoms with Gasteiger partial charge in [-0.25, -0.2) is 9.97 Å². The van der Waals surface area contributed by atoms with Crippen molar-refractivity contribution >= 4 is 43.9 Å². The Kier molecular flexibility index (Phi) is 7.42. The van der Waals surface area contributed by atoms with Gasteiger partial charge in [0, 0.05) is 56.2 Å². The van der Waals surface area contributed by atoms with Crippen molar-refractivity contribution in [2.24, 2.45) is 0 Å². The van der Waals surface area contributed by atoms with Crippen LogP contribution in [0.2, 0.25) is 0 Å². The van der Waals surface area contributed by atoms with Crippen molar-refractivity contribution in [2.45, 2.75) is 0 Å². The molecule has 0 atom stereocenters. The van der Waals surface area contributed by atoms with E-state index in [0.29, 0.717) is 5.82 Å². The Balaban J connectivity index is 1.21. The summed E-state index contributed by atoms with van der Waals surface area (Å²) >= 11 is 0. The summed E-state index contributed by atoms with van der Waals surface area (Å²) in [7, 11) is 0. The van der Waals surface area contributed by atoms with E-state index in [1.54, 1.807) is 6.20 Å². The average molecular weight is 718 g/mol. The minimum Gasteiger partial charge on any atom is -0.456 e. The van der Waals surface area contributed by atoms with Gasteiger partial charge in [0.15, 0.2) is 5.82 Å². The number of fused-ring (bicyclic) bond motifs is 6. The van der Waals surface area contributed by atoms with E-state index in [4.69, 9.17) is 18.8 Å². The Bertz CT molecular complexity index is 3120. The molecule has 4 aromatic heterocycles. The predicted octanol–water partition coefficient (Wildman–Crippen LogP) is 13.7. The number of nitrogens with zero attached hydrogens (tertiary/aromatic N) is 3. The normalized spacial score (nSPS) is 11.6.